The summed E-state index contributed by atoms with van der Waals surface area (Å²) in [5.74, 6) is 0.795. The monoisotopic (exact) mass is 256 g/mol. The van der Waals surface area contributed by atoms with Gasteiger partial charge in [-0.05, 0) is 30.5 Å². The van der Waals surface area contributed by atoms with Crippen LogP contribution in [0, 0.1) is 13.8 Å². The molecule has 0 aliphatic carbocycles. The van der Waals surface area contributed by atoms with E-state index in [1.807, 2.05) is 56.3 Å². The lowest BCUT2D eigenvalue weighted by Crippen LogP contribution is -2.06. The molecule has 1 unspecified atom stereocenters. The normalized spacial score (nSPS) is 12.2. The summed E-state index contributed by atoms with van der Waals surface area (Å²) in [6.07, 6.45) is 0.0522. The minimum Gasteiger partial charge on any atom is -0.496 e. The molecule has 0 bridgehead atoms. The van der Waals surface area contributed by atoms with Crippen molar-refractivity contribution in [1.82, 2.24) is 0 Å². The molecule has 2 heteroatoms. The summed E-state index contributed by atoms with van der Waals surface area (Å²) in [6, 6.07) is 14.0. The third-order valence-corrected chi connectivity index (χ3v) is 3.54. The molecule has 1 atom stereocenters. The van der Waals surface area contributed by atoms with E-state index in [0.29, 0.717) is 6.42 Å². The number of hydrogen-bond donors (Lipinski definition) is 1. The molecule has 0 aliphatic heterocycles. The van der Waals surface area contributed by atoms with Crippen LogP contribution >= 0.6 is 0 Å². The third kappa shape index (κ3) is 2.96. The van der Waals surface area contributed by atoms with Gasteiger partial charge in [-0.3, -0.25) is 0 Å². The average Bonchev–Trinajstić information content (AvgIpc) is 2.42. The predicted octanol–water partition coefficient (Wildman–Crippen LogP) is 3.59. The van der Waals surface area contributed by atoms with Crippen LogP contribution in [0.15, 0.2) is 42.5 Å². The summed E-state index contributed by atoms with van der Waals surface area (Å²) in [7, 11) is 1.65. The zero-order chi connectivity index (χ0) is 13.8. The van der Waals surface area contributed by atoms with Crippen molar-refractivity contribution >= 4 is 0 Å². The van der Waals surface area contributed by atoms with Gasteiger partial charge in [0.1, 0.15) is 5.75 Å². The first-order valence-electron chi connectivity index (χ1n) is 6.49. The minimum atomic E-state index is -0.545. The van der Waals surface area contributed by atoms with Crippen molar-refractivity contribution < 1.29 is 9.84 Å². The fourth-order valence-corrected chi connectivity index (χ4v) is 2.29. The van der Waals surface area contributed by atoms with Gasteiger partial charge in [0.25, 0.3) is 0 Å². The summed E-state index contributed by atoms with van der Waals surface area (Å²) in [5.41, 5.74) is 4.24. The van der Waals surface area contributed by atoms with Crippen LogP contribution in [-0.4, -0.2) is 12.2 Å². The SMILES string of the molecule is COc1c(C(O)Cc2ccccc2)ccc(C)c1C. The van der Waals surface area contributed by atoms with E-state index >= 15 is 0 Å². The predicted molar refractivity (Wildman–Crippen MR) is 77.6 cm³/mol. The molecule has 1 N–H and O–H groups in total. The number of methoxy groups -OCH3 is 1. The van der Waals surface area contributed by atoms with Crippen molar-refractivity contribution in [3.63, 3.8) is 0 Å². The lowest BCUT2D eigenvalue weighted by atomic mass is 9.96. The van der Waals surface area contributed by atoms with Crippen LogP contribution in [-0.2, 0) is 6.42 Å². The van der Waals surface area contributed by atoms with E-state index in [2.05, 4.69) is 0 Å². The highest BCUT2D eigenvalue weighted by molar-refractivity contribution is 5.46. The maximum Gasteiger partial charge on any atom is 0.127 e. The second kappa shape index (κ2) is 5.89. The van der Waals surface area contributed by atoms with E-state index in [0.717, 1.165) is 22.4 Å². The molecule has 2 rings (SSSR count). The Morgan fingerprint density at radius 1 is 1.05 bits per heavy atom. The molecule has 0 fully saturated rings. The summed E-state index contributed by atoms with van der Waals surface area (Å²) in [6.45, 7) is 4.07. The molecule has 2 aromatic rings. The Morgan fingerprint density at radius 2 is 1.74 bits per heavy atom. The molecule has 0 amide bonds. The van der Waals surface area contributed by atoms with Crippen LogP contribution in [0.5, 0.6) is 5.75 Å². The van der Waals surface area contributed by atoms with Crippen molar-refractivity contribution in [3.05, 3.63) is 64.7 Å². The van der Waals surface area contributed by atoms with Gasteiger partial charge in [-0.25, -0.2) is 0 Å². The Hall–Kier alpha value is -1.80. The van der Waals surface area contributed by atoms with Gasteiger partial charge in [-0.1, -0.05) is 42.5 Å². The molecule has 19 heavy (non-hydrogen) atoms. The Labute approximate surface area is 114 Å². The van der Waals surface area contributed by atoms with Crippen molar-refractivity contribution in [3.8, 4) is 5.75 Å². The smallest absolute Gasteiger partial charge is 0.127 e. The molecular weight excluding hydrogens is 236 g/mol. The van der Waals surface area contributed by atoms with Crippen LogP contribution in [0.25, 0.3) is 0 Å². The Balaban J connectivity index is 2.29. The number of rotatable bonds is 4. The summed E-state index contributed by atoms with van der Waals surface area (Å²) >= 11 is 0. The topological polar surface area (TPSA) is 29.5 Å². The average molecular weight is 256 g/mol. The van der Waals surface area contributed by atoms with Crippen molar-refractivity contribution in [2.24, 2.45) is 0 Å². The van der Waals surface area contributed by atoms with Crippen molar-refractivity contribution in [2.45, 2.75) is 26.4 Å². The zero-order valence-electron chi connectivity index (χ0n) is 11.7. The van der Waals surface area contributed by atoms with E-state index < -0.39 is 6.10 Å². The molecule has 0 heterocycles. The Bertz CT molecular complexity index is 547. The Kier molecular flexibility index (Phi) is 4.23. The minimum absolute atomic E-state index is 0.545. The number of aliphatic hydroxyl groups is 1. The second-order valence-electron chi connectivity index (χ2n) is 4.84. The molecule has 0 radical (unpaired) electrons. The van der Waals surface area contributed by atoms with E-state index in [1.54, 1.807) is 7.11 Å². The summed E-state index contributed by atoms with van der Waals surface area (Å²) in [5, 5.41) is 10.4. The van der Waals surface area contributed by atoms with Crippen LogP contribution in [0.3, 0.4) is 0 Å². The first kappa shape index (κ1) is 13.6. The summed E-state index contributed by atoms with van der Waals surface area (Å²) in [4.78, 5) is 0. The van der Waals surface area contributed by atoms with E-state index in [-0.39, 0.29) is 0 Å². The first-order chi connectivity index (χ1) is 9.13. The molecule has 100 valence electrons. The molecule has 2 nitrogen and oxygen atoms in total. The largest absolute Gasteiger partial charge is 0.496 e. The molecule has 0 spiro atoms. The fraction of sp³-hybridized carbons (Fsp3) is 0.294. The number of aryl methyl sites for hydroxylation is 1. The van der Waals surface area contributed by atoms with Gasteiger partial charge in [0.15, 0.2) is 0 Å². The standard InChI is InChI=1S/C17H20O2/c1-12-9-10-15(17(19-3)13(12)2)16(18)11-14-7-5-4-6-8-14/h4-10,16,18H,11H2,1-3H3. The second-order valence-corrected chi connectivity index (χ2v) is 4.84. The van der Waals surface area contributed by atoms with Crippen LogP contribution in [0.1, 0.15) is 28.4 Å². The third-order valence-electron chi connectivity index (χ3n) is 3.54. The number of aliphatic hydroxyl groups excluding tert-OH is 1. The first-order valence-corrected chi connectivity index (χ1v) is 6.49. The number of ether oxygens (including phenoxy) is 1. The zero-order valence-corrected chi connectivity index (χ0v) is 11.7. The van der Waals surface area contributed by atoms with Crippen LogP contribution in [0.2, 0.25) is 0 Å². The van der Waals surface area contributed by atoms with Gasteiger partial charge in [0.2, 0.25) is 0 Å². The molecule has 0 saturated heterocycles. The Morgan fingerprint density at radius 3 is 2.37 bits per heavy atom. The molecule has 2 aromatic carbocycles. The van der Waals surface area contributed by atoms with Gasteiger partial charge in [0.05, 0.1) is 13.2 Å². The van der Waals surface area contributed by atoms with Gasteiger partial charge in [-0.15, -0.1) is 0 Å². The molecular formula is C17H20O2. The van der Waals surface area contributed by atoms with E-state index in [9.17, 15) is 5.11 Å². The molecule has 0 aliphatic rings. The lowest BCUT2D eigenvalue weighted by molar-refractivity contribution is 0.174. The van der Waals surface area contributed by atoms with Gasteiger partial charge < -0.3 is 9.84 Å². The van der Waals surface area contributed by atoms with E-state index in [4.69, 9.17) is 4.74 Å². The van der Waals surface area contributed by atoms with E-state index in [1.165, 1.54) is 5.56 Å². The van der Waals surface area contributed by atoms with Crippen LogP contribution in [0.4, 0.5) is 0 Å². The van der Waals surface area contributed by atoms with Crippen LogP contribution < -0.4 is 4.74 Å². The van der Waals surface area contributed by atoms with Crippen molar-refractivity contribution in [2.75, 3.05) is 7.11 Å². The fourth-order valence-electron chi connectivity index (χ4n) is 2.29. The van der Waals surface area contributed by atoms with Gasteiger partial charge in [0, 0.05) is 12.0 Å². The highest BCUT2D eigenvalue weighted by atomic mass is 16.5. The highest BCUT2D eigenvalue weighted by Gasteiger charge is 2.16. The lowest BCUT2D eigenvalue weighted by Gasteiger charge is -2.18. The number of benzene rings is 2. The quantitative estimate of drug-likeness (QED) is 0.906. The number of hydrogen-bond acceptors (Lipinski definition) is 2. The molecule has 0 aromatic heterocycles. The summed E-state index contributed by atoms with van der Waals surface area (Å²) < 4.78 is 5.46. The van der Waals surface area contributed by atoms with Crippen molar-refractivity contribution in [1.29, 1.82) is 0 Å². The maximum atomic E-state index is 10.4. The van der Waals surface area contributed by atoms with Gasteiger partial charge >= 0.3 is 0 Å². The maximum absolute atomic E-state index is 10.4. The highest BCUT2D eigenvalue weighted by Crippen LogP contribution is 2.32. The molecule has 0 saturated carbocycles. The van der Waals surface area contributed by atoms with Gasteiger partial charge in [-0.2, -0.15) is 0 Å².